The van der Waals surface area contributed by atoms with Crippen LogP contribution in [0.25, 0.3) is 0 Å². The van der Waals surface area contributed by atoms with Crippen molar-refractivity contribution in [3.63, 3.8) is 0 Å². The van der Waals surface area contributed by atoms with Crippen LogP contribution < -0.4 is 10.5 Å². The van der Waals surface area contributed by atoms with E-state index in [0.29, 0.717) is 19.1 Å². The molecule has 0 saturated heterocycles. The molecule has 1 aliphatic heterocycles. The summed E-state index contributed by atoms with van der Waals surface area (Å²) in [6, 6.07) is 3.93. The van der Waals surface area contributed by atoms with Crippen molar-refractivity contribution in [2.75, 3.05) is 13.2 Å². The van der Waals surface area contributed by atoms with E-state index in [2.05, 4.69) is 4.98 Å². The summed E-state index contributed by atoms with van der Waals surface area (Å²) < 4.78 is 5.31. The van der Waals surface area contributed by atoms with Gasteiger partial charge in [0.1, 0.15) is 0 Å². The van der Waals surface area contributed by atoms with Crippen molar-refractivity contribution in [1.29, 1.82) is 0 Å². The Morgan fingerprint density at radius 2 is 2.64 bits per heavy atom. The Balaban J connectivity index is 2.39. The molecule has 0 spiro atoms. The second-order valence-corrected chi connectivity index (χ2v) is 2.64. The molecule has 3 heteroatoms. The summed E-state index contributed by atoms with van der Waals surface area (Å²) >= 11 is 0. The van der Waals surface area contributed by atoms with Gasteiger partial charge in [0.2, 0.25) is 5.88 Å². The number of hydrogen-bond donors (Lipinski definition) is 1. The number of hydrogen-bond acceptors (Lipinski definition) is 3. The molecule has 1 aromatic rings. The van der Waals surface area contributed by atoms with Gasteiger partial charge >= 0.3 is 0 Å². The predicted octanol–water partition coefficient (Wildman–Crippen LogP) is 0.516. The van der Waals surface area contributed by atoms with Crippen molar-refractivity contribution in [1.82, 2.24) is 4.98 Å². The fraction of sp³-hybridized carbons (Fsp3) is 0.375. The molecule has 1 unspecified atom stereocenters. The summed E-state index contributed by atoms with van der Waals surface area (Å²) in [4.78, 5) is 4.08. The van der Waals surface area contributed by atoms with E-state index >= 15 is 0 Å². The number of nitrogens with zero attached hydrogens (tertiary/aromatic N) is 1. The van der Waals surface area contributed by atoms with Gasteiger partial charge in [-0.3, -0.25) is 0 Å². The fourth-order valence-corrected chi connectivity index (χ4v) is 1.30. The minimum atomic E-state index is 0.346. The molecule has 0 amide bonds. The smallest absolute Gasteiger partial charge is 0.216 e. The van der Waals surface area contributed by atoms with E-state index in [1.54, 1.807) is 6.20 Å². The molecule has 0 aromatic carbocycles. The highest BCUT2D eigenvalue weighted by Gasteiger charge is 2.22. The summed E-state index contributed by atoms with van der Waals surface area (Å²) in [5, 5.41) is 0. The van der Waals surface area contributed by atoms with Gasteiger partial charge in [0.05, 0.1) is 6.61 Å². The van der Waals surface area contributed by atoms with Crippen LogP contribution in [0.15, 0.2) is 18.3 Å². The lowest BCUT2D eigenvalue weighted by Gasteiger charge is -2.01. The minimum Gasteiger partial charge on any atom is -0.477 e. The lowest BCUT2D eigenvalue weighted by atomic mass is 10.0. The summed E-state index contributed by atoms with van der Waals surface area (Å²) in [5.41, 5.74) is 6.69. The van der Waals surface area contributed by atoms with Crippen LogP contribution in [0.1, 0.15) is 11.5 Å². The lowest BCUT2D eigenvalue weighted by Crippen LogP contribution is -2.13. The molecule has 0 bridgehead atoms. The third-order valence-electron chi connectivity index (χ3n) is 1.95. The van der Waals surface area contributed by atoms with Gasteiger partial charge in [0.25, 0.3) is 0 Å². The number of aromatic nitrogens is 1. The number of fused-ring (bicyclic) bond motifs is 1. The van der Waals surface area contributed by atoms with Crippen molar-refractivity contribution in [3.8, 4) is 5.88 Å². The first kappa shape index (κ1) is 6.61. The Hall–Kier alpha value is -1.09. The van der Waals surface area contributed by atoms with Crippen LogP contribution in [0.5, 0.6) is 5.88 Å². The van der Waals surface area contributed by atoms with Crippen molar-refractivity contribution in [2.24, 2.45) is 5.73 Å². The first-order valence-corrected chi connectivity index (χ1v) is 3.69. The summed E-state index contributed by atoms with van der Waals surface area (Å²) in [6.45, 7) is 1.32. The first-order valence-electron chi connectivity index (χ1n) is 3.69. The molecule has 58 valence electrons. The Morgan fingerprint density at radius 1 is 1.73 bits per heavy atom. The van der Waals surface area contributed by atoms with Gasteiger partial charge in [-0.05, 0) is 6.07 Å². The highest BCUT2D eigenvalue weighted by atomic mass is 16.5. The monoisotopic (exact) mass is 150 g/mol. The number of nitrogens with two attached hydrogens (primary N) is 1. The van der Waals surface area contributed by atoms with Gasteiger partial charge < -0.3 is 10.5 Å². The SMILES string of the molecule is NCC1COc2ncccc21. The van der Waals surface area contributed by atoms with Crippen LogP contribution in [0, 0.1) is 0 Å². The Bertz CT molecular complexity index is 262. The van der Waals surface area contributed by atoms with Gasteiger partial charge in [0.15, 0.2) is 0 Å². The van der Waals surface area contributed by atoms with Gasteiger partial charge in [-0.15, -0.1) is 0 Å². The molecule has 11 heavy (non-hydrogen) atoms. The van der Waals surface area contributed by atoms with Crippen LogP contribution in [-0.4, -0.2) is 18.1 Å². The largest absolute Gasteiger partial charge is 0.477 e. The van der Waals surface area contributed by atoms with Gasteiger partial charge in [-0.25, -0.2) is 4.98 Å². The van der Waals surface area contributed by atoms with Gasteiger partial charge in [-0.2, -0.15) is 0 Å². The molecule has 2 heterocycles. The van der Waals surface area contributed by atoms with Gasteiger partial charge in [-0.1, -0.05) is 6.07 Å². The number of ether oxygens (including phenoxy) is 1. The van der Waals surface area contributed by atoms with Crippen LogP contribution in [0.4, 0.5) is 0 Å². The molecule has 0 radical (unpaired) electrons. The third-order valence-corrected chi connectivity index (χ3v) is 1.95. The maximum absolute atomic E-state index is 5.54. The van der Waals surface area contributed by atoms with Crippen molar-refractivity contribution in [3.05, 3.63) is 23.9 Å². The summed E-state index contributed by atoms with van der Waals surface area (Å²) in [7, 11) is 0. The first-order chi connectivity index (χ1) is 5.42. The zero-order valence-corrected chi connectivity index (χ0v) is 6.16. The lowest BCUT2D eigenvalue weighted by molar-refractivity contribution is 0.323. The van der Waals surface area contributed by atoms with Crippen molar-refractivity contribution < 1.29 is 4.74 Å². The molecular formula is C8H10N2O. The standard InChI is InChI=1S/C8H10N2O/c9-4-6-5-11-8-7(6)2-1-3-10-8/h1-3,6H,4-5,9H2. The molecule has 1 aliphatic rings. The quantitative estimate of drug-likeness (QED) is 0.634. The average molecular weight is 150 g/mol. The zero-order valence-electron chi connectivity index (χ0n) is 6.16. The topological polar surface area (TPSA) is 48.1 Å². The van der Waals surface area contributed by atoms with E-state index in [4.69, 9.17) is 10.5 Å². The van der Waals surface area contributed by atoms with E-state index in [0.717, 1.165) is 11.4 Å². The van der Waals surface area contributed by atoms with E-state index < -0.39 is 0 Å². The van der Waals surface area contributed by atoms with Crippen molar-refractivity contribution in [2.45, 2.75) is 5.92 Å². The molecule has 1 aromatic heterocycles. The Kier molecular flexibility index (Phi) is 1.51. The van der Waals surface area contributed by atoms with E-state index in [1.165, 1.54) is 0 Å². The molecule has 0 saturated carbocycles. The second-order valence-electron chi connectivity index (χ2n) is 2.64. The summed E-state index contributed by atoms with van der Waals surface area (Å²) in [5.74, 6) is 1.10. The van der Waals surface area contributed by atoms with Crippen molar-refractivity contribution >= 4 is 0 Å². The van der Waals surface area contributed by atoms with Crippen LogP contribution in [0.2, 0.25) is 0 Å². The maximum atomic E-state index is 5.54. The Labute approximate surface area is 65.2 Å². The highest BCUT2D eigenvalue weighted by Crippen LogP contribution is 2.30. The minimum absolute atomic E-state index is 0.346. The van der Waals surface area contributed by atoms with E-state index in [9.17, 15) is 0 Å². The third kappa shape index (κ3) is 0.973. The number of pyridine rings is 1. The highest BCUT2D eigenvalue weighted by molar-refractivity contribution is 5.33. The zero-order chi connectivity index (χ0) is 7.68. The molecule has 1 atom stereocenters. The van der Waals surface area contributed by atoms with Crippen LogP contribution in [-0.2, 0) is 0 Å². The van der Waals surface area contributed by atoms with Crippen LogP contribution in [0.3, 0.4) is 0 Å². The Morgan fingerprint density at radius 3 is 3.45 bits per heavy atom. The van der Waals surface area contributed by atoms with E-state index in [-0.39, 0.29) is 0 Å². The van der Waals surface area contributed by atoms with Crippen LogP contribution >= 0.6 is 0 Å². The molecule has 3 nitrogen and oxygen atoms in total. The van der Waals surface area contributed by atoms with E-state index in [1.807, 2.05) is 12.1 Å². The molecule has 2 rings (SSSR count). The normalized spacial score (nSPS) is 21.0. The second kappa shape index (κ2) is 2.51. The van der Waals surface area contributed by atoms with Gasteiger partial charge in [0, 0.05) is 24.2 Å². The average Bonchev–Trinajstić information content (AvgIpc) is 2.47. The molecule has 0 fully saturated rings. The summed E-state index contributed by atoms with van der Waals surface area (Å²) in [6.07, 6.45) is 1.73. The maximum Gasteiger partial charge on any atom is 0.216 e. The number of rotatable bonds is 1. The molecular weight excluding hydrogens is 140 g/mol. The predicted molar refractivity (Wildman–Crippen MR) is 41.5 cm³/mol. The molecule has 0 aliphatic carbocycles. The molecule has 2 N–H and O–H groups in total. The fourth-order valence-electron chi connectivity index (χ4n) is 1.30.